The van der Waals surface area contributed by atoms with Crippen LogP contribution in [0, 0.1) is 0 Å². The van der Waals surface area contributed by atoms with E-state index in [2.05, 4.69) is 10.6 Å². The molecule has 0 radical (unpaired) electrons. The van der Waals surface area contributed by atoms with E-state index in [0.717, 1.165) is 4.88 Å². The quantitative estimate of drug-likeness (QED) is 0.512. The molecule has 2 amide bonds. The van der Waals surface area contributed by atoms with E-state index in [-0.39, 0.29) is 10.6 Å². The SMILES string of the molecule is CSCCC(NC(=O)c1ccc(Cl)cc1Cl)C(=O)OCC(=O)NCc1cccs1. The van der Waals surface area contributed by atoms with Crippen molar-refractivity contribution in [1.82, 2.24) is 10.6 Å². The Balaban J connectivity index is 1.90. The first-order valence-electron chi connectivity index (χ1n) is 8.61. The molecule has 2 aromatic rings. The molecule has 1 heterocycles. The van der Waals surface area contributed by atoms with Crippen LogP contribution in [0.1, 0.15) is 21.7 Å². The predicted molar refractivity (Wildman–Crippen MR) is 118 cm³/mol. The van der Waals surface area contributed by atoms with Crippen LogP contribution < -0.4 is 10.6 Å². The summed E-state index contributed by atoms with van der Waals surface area (Å²) in [6.07, 6.45) is 2.24. The zero-order chi connectivity index (χ0) is 21.2. The molecule has 2 rings (SSSR count). The Kier molecular flexibility index (Phi) is 9.80. The van der Waals surface area contributed by atoms with Crippen LogP contribution in [0.2, 0.25) is 10.0 Å². The molecule has 0 saturated carbocycles. The maximum atomic E-state index is 12.5. The number of hydrogen-bond donors (Lipinski definition) is 2. The van der Waals surface area contributed by atoms with Crippen LogP contribution in [0.4, 0.5) is 0 Å². The average molecular weight is 475 g/mol. The van der Waals surface area contributed by atoms with Gasteiger partial charge in [0.15, 0.2) is 6.61 Å². The molecule has 0 aliphatic rings. The smallest absolute Gasteiger partial charge is 0.329 e. The van der Waals surface area contributed by atoms with Crippen molar-refractivity contribution in [2.45, 2.75) is 19.0 Å². The Morgan fingerprint density at radius 3 is 2.69 bits per heavy atom. The van der Waals surface area contributed by atoms with Crippen LogP contribution in [0.3, 0.4) is 0 Å². The Hall–Kier alpha value is -1.74. The van der Waals surface area contributed by atoms with Gasteiger partial charge < -0.3 is 15.4 Å². The lowest BCUT2D eigenvalue weighted by Gasteiger charge is -2.17. The average Bonchev–Trinajstić information content (AvgIpc) is 3.21. The van der Waals surface area contributed by atoms with Crippen molar-refractivity contribution in [3.63, 3.8) is 0 Å². The maximum Gasteiger partial charge on any atom is 0.329 e. The lowest BCUT2D eigenvalue weighted by molar-refractivity contribution is -0.150. The highest BCUT2D eigenvalue weighted by atomic mass is 35.5. The van der Waals surface area contributed by atoms with Gasteiger partial charge in [-0.05, 0) is 48.1 Å². The minimum absolute atomic E-state index is 0.180. The molecule has 1 unspecified atom stereocenters. The van der Waals surface area contributed by atoms with Crippen LogP contribution in [-0.2, 0) is 20.9 Å². The molecular weight excluding hydrogens is 455 g/mol. The number of hydrogen-bond acceptors (Lipinski definition) is 6. The second-order valence-electron chi connectivity index (χ2n) is 5.90. The summed E-state index contributed by atoms with van der Waals surface area (Å²) in [5, 5.41) is 7.79. The summed E-state index contributed by atoms with van der Waals surface area (Å²) in [5.74, 6) is -0.984. The first-order chi connectivity index (χ1) is 13.9. The van der Waals surface area contributed by atoms with Crippen LogP contribution in [-0.4, -0.2) is 42.4 Å². The van der Waals surface area contributed by atoms with Gasteiger partial charge in [0.05, 0.1) is 17.1 Å². The van der Waals surface area contributed by atoms with E-state index in [0.29, 0.717) is 23.7 Å². The molecule has 0 saturated heterocycles. The molecule has 0 fully saturated rings. The largest absolute Gasteiger partial charge is 0.454 e. The standard InChI is InChI=1S/C19H20Cl2N2O4S2/c1-28-8-6-16(23-18(25)14-5-4-12(20)9-15(14)21)19(26)27-11-17(24)22-10-13-3-2-7-29-13/h2-5,7,9,16H,6,8,10-11H2,1H3,(H,22,24)(H,23,25). The molecule has 0 aliphatic heterocycles. The normalized spacial score (nSPS) is 11.6. The summed E-state index contributed by atoms with van der Waals surface area (Å²) in [6, 6.07) is 7.35. The molecule has 10 heteroatoms. The fourth-order valence-electron chi connectivity index (χ4n) is 2.28. The highest BCUT2D eigenvalue weighted by Gasteiger charge is 2.24. The first kappa shape index (κ1) is 23.5. The molecule has 29 heavy (non-hydrogen) atoms. The maximum absolute atomic E-state index is 12.5. The van der Waals surface area contributed by atoms with Crippen molar-refractivity contribution in [2.24, 2.45) is 0 Å². The molecule has 1 atom stereocenters. The van der Waals surface area contributed by atoms with E-state index >= 15 is 0 Å². The van der Waals surface area contributed by atoms with Gasteiger partial charge in [-0.3, -0.25) is 9.59 Å². The van der Waals surface area contributed by atoms with Crippen molar-refractivity contribution in [3.05, 3.63) is 56.2 Å². The summed E-state index contributed by atoms with van der Waals surface area (Å²) in [7, 11) is 0. The number of halogens is 2. The third kappa shape index (κ3) is 7.89. The molecule has 2 N–H and O–H groups in total. The Bertz CT molecular complexity index is 847. The van der Waals surface area contributed by atoms with E-state index in [4.69, 9.17) is 27.9 Å². The second-order valence-corrected chi connectivity index (χ2v) is 8.76. The minimum Gasteiger partial charge on any atom is -0.454 e. The third-order valence-electron chi connectivity index (χ3n) is 3.76. The van der Waals surface area contributed by atoms with Crippen LogP contribution in [0.5, 0.6) is 0 Å². The molecule has 1 aromatic heterocycles. The number of thioether (sulfide) groups is 1. The van der Waals surface area contributed by atoms with E-state index in [1.165, 1.54) is 41.3 Å². The van der Waals surface area contributed by atoms with Gasteiger partial charge in [0, 0.05) is 9.90 Å². The lowest BCUT2D eigenvalue weighted by Crippen LogP contribution is -2.43. The first-order valence-corrected chi connectivity index (χ1v) is 11.6. The van der Waals surface area contributed by atoms with E-state index in [1.54, 1.807) is 0 Å². The van der Waals surface area contributed by atoms with E-state index < -0.39 is 30.4 Å². The topological polar surface area (TPSA) is 84.5 Å². The van der Waals surface area contributed by atoms with Gasteiger partial charge in [-0.25, -0.2) is 4.79 Å². The fraction of sp³-hybridized carbons (Fsp3) is 0.316. The molecular formula is C19H20Cl2N2O4S2. The predicted octanol–water partition coefficient (Wildman–Crippen LogP) is 3.77. The number of benzene rings is 1. The molecule has 1 aromatic carbocycles. The van der Waals surface area contributed by atoms with Crippen molar-refractivity contribution in [1.29, 1.82) is 0 Å². The van der Waals surface area contributed by atoms with Crippen LogP contribution in [0.15, 0.2) is 35.7 Å². The Labute approximate surface area is 187 Å². The van der Waals surface area contributed by atoms with Gasteiger partial charge in [0.25, 0.3) is 11.8 Å². The molecule has 156 valence electrons. The molecule has 0 aliphatic carbocycles. The molecule has 0 bridgehead atoms. The van der Waals surface area contributed by atoms with E-state index in [1.807, 2.05) is 23.8 Å². The van der Waals surface area contributed by atoms with Crippen molar-refractivity contribution < 1.29 is 19.1 Å². The van der Waals surface area contributed by atoms with Gasteiger partial charge in [-0.15, -0.1) is 11.3 Å². The van der Waals surface area contributed by atoms with Gasteiger partial charge in [0.2, 0.25) is 0 Å². The third-order valence-corrected chi connectivity index (χ3v) is 5.83. The van der Waals surface area contributed by atoms with Gasteiger partial charge >= 0.3 is 5.97 Å². The van der Waals surface area contributed by atoms with Gasteiger partial charge in [-0.1, -0.05) is 29.3 Å². The Morgan fingerprint density at radius 1 is 1.24 bits per heavy atom. The Morgan fingerprint density at radius 2 is 2.03 bits per heavy atom. The number of nitrogens with one attached hydrogen (secondary N) is 2. The minimum atomic E-state index is -0.896. The van der Waals surface area contributed by atoms with Crippen molar-refractivity contribution >= 4 is 64.1 Å². The number of carbonyl (C=O) groups excluding carboxylic acids is 3. The lowest BCUT2D eigenvalue weighted by atomic mass is 10.1. The van der Waals surface area contributed by atoms with E-state index in [9.17, 15) is 14.4 Å². The number of esters is 1. The van der Waals surface area contributed by atoms with Crippen LogP contribution in [0.25, 0.3) is 0 Å². The monoisotopic (exact) mass is 474 g/mol. The van der Waals surface area contributed by atoms with Crippen molar-refractivity contribution in [2.75, 3.05) is 18.6 Å². The summed E-state index contributed by atoms with van der Waals surface area (Å²) in [5.41, 5.74) is 0.201. The second kappa shape index (κ2) is 12.1. The summed E-state index contributed by atoms with van der Waals surface area (Å²) >= 11 is 14.9. The number of thiophene rings is 1. The summed E-state index contributed by atoms with van der Waals surface area (Å²) in [4.78, 5) is 37.8. The fourth-order valence-corrected chi connectivity index (χ4v) is 3.89. The summed E-state index contributed by atoms with van der Waals surface area (Å²) < 4.78 is 5.09. The zero-order valence-corrected chi connectivity index (χ0v) is 18.7. The number of rotatable bonds is 10. The number of amides is 2. The number of ether oxygens (including phenoxy) is 1. The van der Waals surface area contributed by atoms with Gasteiger partial charge in [0.1, 0.15) is 6.04 Å². The number of carbonyl (C=O) groups is 3. The molecule has 0 spiro atoms. The van der Waals surface area contributed by atoms with Crippen LogP contribution >= 0.6 is 46.3 Å². The van der Waals surface area contributed by atoms with Crippen molar-refractivity contribution in [3.8, 4) is 0 Å². The molecule has 6 nitrogen and oxygen atoms in total. The zero-order valence-electron chi connectivity index (χ0n) is 15.6. The highest BCUT2D eigenvalue weighted by Crippen LogP contribution is 2.21. The van der Waals surface area contributed by atoms with Gasteiger partial charge in [-0.2, -0.15) is 11.8 Å². The summed E-state index contributed by atoms with van der Waals surface area (Å²) in [6.45, 7) is -0.0483. The highest BCUT2D eigenvalue weighted by molar-refractivity contribution is 7.98.